The second-order valence-corrected chi connectivity index (χ2v) is 9.31. The highest BCUT2D eigenvalue weighted by Crippen LogP contribution is 2.43. The molecule has 4 rings (SSSR count). The summed E-state index contributed by atoms with van der Waals surface area (Å²) in [6.07, 6.45) is -0.438. The van der Waals surface area contributed by atoms with Gasteiger partial charge >= 0.3 is 6.18 Å². The molecular formula is C20H24F3N5O2S. The van der Waals surface area contributed by atoms with Gasteiger partial charge in [0.05, 0.1) is 12.7 Å². The lowest BCUT2D eigenvalue weighted by Crippen LogP contribution is -2.43. The van der Waals surface area contributed by atoms with Crippen molar-refractivity contribution in [2.75, 3.05) is 30.3 Å². The van der Waals surface area contributed by atoms with Crippen LogP contribution in [-0.4, -0.2) is 40.3 Å². The summed E-state index contributed by atoms with van der Waals surface area (Å²) >= 11 is 0.641. The molecule has 2 aromatic heterocycles. The van der Waals surface area contributed by atoms with E-state index in [0.717, 1.165) is 32.1 Å². The van der Waals surface area contributed by atoms with Crippen molar-refractivity contribution >= 4 is 23.5 Å². The van der Waals surface area contributed by atoms with E-state index >= 15 is 0 Å². The number of rotatable bonds is 3. The molecule has 2 N–H and O–H groups in total. The third-order valence-electron chi connectivity index (χ3n) is 6.00. The summed E-state index contributed by atoms with van der Waals surface area (Å²) in [6.45, 7) is 4.25. The highest BCUT2D eigenvalue weighted by Gasteiger charge is 2.41. The van der Waals surface area contributed by atoms with E-state index in [9.17, 15) is 18.0 Å². The van der Waals surface area contributed by atoms with Gasteiger partial charge in [-0.05, 0) is 43.7 Å². The van der Waals surface area contributed by atoms with Gasteiger partial charge in [0.25, 0.3) is 5.56 Å². The summed E-state index contributed by atoms with van der Waals surface area (Å²) in [6, 6.07) is 2.65. The number of ether oxygens (including phenoxy) is 1. The van der Waals surface area contributed by atoms with Crippen molar-refractivity contribution < 1.29 is 17.9 Å². The number of hydrogen-bond donors (Lipinski definition) is 1. The average Bonchev–Trinajstić information content (AvgIpc) is 3.08. The lowest BCUT2D eigenvalue weighted by molar-refractivity contribution is -0.143. The van der Waals surface area contributed by atoms with Gasteiger partial charge in [0.15, 0.2) is 5.69 Å². The summed E-state index contributed by atoms with van der Waals surface area (Å²) in [7, 11) is 1.56. The van der Waals surface area contributed by atoms with Crippen molar-refractivity contribution in [3.63, 3.8) is 0 Å². The molecule has 2 aromatic rings. The van der Waals surface area contributed by atoms with Crippen molar-refractivity contribution in [3.8, 4) is 0 Å². The zero-order valence-electron chi connectivity index (χ0n) is 17.3. The van der Waals surface area contributed by atoms with E-state index in [0.29, 0.717) is 30.8 Å². The summed E-state index contributed by atoms with van der Waals surface area (Å²) in [5, 5.41) is 0. The number of aromatic nitrogens is 3. The minimum absolute atomic E-state index is 0.0451. The molecule has 0 unspecified atom stereocenters. The van der Waals surface area contributed by atoms with Gasteiger partial charge in [0, 0.05) is 31.2 Å². The van der Waals surface area contributed by atoms with Crippen LogP contribution in [0.2, 0.25) is 0 Å². The van der Waals surface area contributed by atoms with Gasteiger partial charge in [-0.15, -0.1) is 0 Å². The molecule has 168 valence electrons. The first kappa shape index (κ1) is 21.9. The Balaban J connectivity index is 1.59. The van der Waals surface area contributed by atoms with Crippen LogP contribution in [0.4, 0.5) is 24.9 Å². The predicted octanol–water partition coefficient (Wildman–Crippen LogP) is 3.32. The first-order valence-electron chi connectivity index (χ1n) is 10.0. The van der Waals surface area contributed by atoms with Gasteiger partial charge in [0.1, 0.15) is 10.7 Å². The van der Waals surface area contributed by atoms with E-state index < -0.39 is 17.4 Å². The van der Waals surface area contributed by atoms with Crippen molar-refractivity contribution in [3.05, 3.63) is 34.4 Å². The smallest absolute Gasteiger partial charge is 0.382 e. The molecule has 1 spiro atoms. The summed E-state index contributed by atoms with van der Waals surface area (Å²) in [5.41, 5.74) is 4.68. The molecule has 0 amide bonds. The van der Waals surface area contributed by atoms with Crippen molar-refractivity contribution in [2.45, 2.75) is 48.3 Å². The largest absolute Gasteiger partial charge is 0.434 e. The zero-order chi connectivity index (χ0) is 22.4. The van der Waals surface area contributed by atoms with Crippen LogP contribution >= 0.6 is 11.8 Å². The van der Waals surface area contributed by atoms with Gasteiger partial charge in [-0.3, -0.25) is 14.3 Å². The normalized spacial score (nSPS) is 21.1. The Bertz CT molecular complexity index is 1030. The van der Waals surface area contributed by atoms with Crippen LogP contribution in [0, 0.1) is 5.41 Å². The summed E-state index contributed by atoms with van der Waals surface area (Å²) < 4.78 is 46.9. The number of pyridine rings is 1. The Kier molecular flexibility index (Phi) is 5.67. The topological polar surface area (TPSA) is 86.3 Å². The van der Waals surface area contributed by atoms with E-state index in [-0.39, 0.29) is 27.1 Å². The molecule has 7 nitrogen and oxygen atoms in total. The van der Waals surface area contributed by atoms with Crippen LogP contribution in [0.5, 0.6) is 0 Å². The standard InChI is InChI=1S/C20H24F3N5O2S/c1-12-10-19(11-30-12)5-8-28(9-6-19)18-26-16(24)14(17(29)27(18)2)31-13-4-3-7-25-15(13)20(21,22)23/h3-4,7,12H,5-6,8-11,24H2,1-2H3/t12-/m0/s1. The van der Waals surface area contributed by atoms with Gasteiger partial charge in [-0.2, -0.15) is 18.2 Å². The molecule has 2 saturated heterocycles. The fourth-order valence-corrected chi connectivity index (χ4v) is 5.34. The highest BCUT2D eigenvalue weighted by atomic mass is 32.2. The first-order valence-corrected chi connectivity index (χ1v) is 10.8. The second kappa shape index (κ2) is 8.01. The Hall–Kier alpha value is -2.27. The molecule has 2 aliphatic rings. The number of hydrogen-bond acceptors (Lipinski definition) is 7. The van der Waals surface area contributed by atoms with E-state index in [1.807, 2.05) is 4.90 Å². The summed E-state index contributed by atoms with van der Waals surface area (Å²) in [5.74, 6) is 0.342. The van der Waals surface area contributed by atoms with E-state index in [2.05, 4.69) is 16.9 Å². The lowest BCUT2D eigenvalue weighted by Gasteiger charge is -2.39. The quantitative estimate of drug-likeness (QED) is 0.760. The minimum atomic E-state index is -4.64. The maximum atomic E-state index is 13.3. The van der Waals surface area contributed by atoms with Gasteiger partial charge < -0.3 is 15.4 Å². The average molecular weight is 456 g/mol. The molecule has 0 saturated carbocycles. The van der Waals surface area contributed by atoms with E-state index in [1.165, 1.54) is 16.7 Å². The molecule has 2 aliphatic heterocycles. The second-order valence-electron chi connectivity index (χ2n) is 8.25. The van der Waals surface area contributed by atoms with Crippen LogP contribution in [0.15, 0.2) is 32.9 Å². The van der Waals surface area contributed by atoms with Gasteiger partial charge in [0.2, 0.25) is 5.95 Å². The molecule has 4 heterocycles. The number of nitrogen functional groups attached to an aromatic ring is 1. The van der Waals surface area contributed by atoms with E-state index in [1.54, 1.807) is 7.05 Å². The number of nitrogens with zero attached hydrogens (tertiary/aromatic N) is 4. The van der Waals surface area contributed by atoms with Gasteiger partial charge in [-0.1, -0.05) is 11.8 Å². The Labute approximate surface area is 181 Å². The molecule has 2 fully saturated rings. The maximum absolute atomic E-state index is 13.3. The number of halogens is 3. The molecule has 0 aromatic carbocycles. The predicted molar refractivity (Wildman–Crippen MR) is 111 cm³/mol. The Morgan fingerprint density at radius 3 is 2.65 bits per heavy atom. The zero-order valence-corrected chi connectivity index (χ0v) is 18.1. The van der Waals surface area contributed by atoms with Gasteiger partial charge in [-0.25, -0.2) is 0 Å². The number of piperidine rings is 1. The fraction of sp³-hybridized carbons (Fsp3) is 0.550. The molecule has 0 aliphatic carbocycles. The van der Waals surface area contributed by atoms with Crippen molar-refractivity contribution in [2.24, 2.45) is 12.5 Å². The summed E-state index contributed by atoms with van der Waals surface area (Å²) in [4.78, 5) is 22.6. The maximum Gasteiger partial charge on any atom is 0.434 e. The molecule has 31 heavy (non-hydrogen) atoms. The van der Waals surface area contributed by atoms with E-state index in [4.69, 9.17) is 10.5 Å². The molecule has 0 bridgehead atoms. The minimum Gasteiger partial charge on any atom is -0.382 e. The molecule has 1 atom stereocenters. The SMILES string of the molecule is C[C@H]1CC2(CCN(c3nc(N)c(Sc4cccnc4C(F)(F)F)c(=O)n3C)CC2)CO1. The fourth-order valence-electron chi connectivity index (χ4n) is 4.34. The molecular weight excluding hydrogens is 431 g/mol. The van der Waals surface area contributed by atoms with Crippen LogP contribution in [-0.2, 0) is 18.0 Å². The first-order chi connectivity index (χ1) is 14.6. The highest BCUT2D eigenvalue weighted by molar-refractivity contribution is 7.99. The van der Waals surface area contributed by atoms with Crippen molar-refractivity contribution in [1.82, 2.24) is 14.5 Å². The third-order valence-corrected chi connectivity index (χ3v) is 7.14. The lowest BCUT2D eigenvalue weighted by atomic mass is 9.77. The van der Waals surface area contributed by atoms with Crippen LogP contribution < -0.4 is 16.2 Å². The number of alkyl halides is 3. The molecule has 0 radical (unpaired) electrons. The third kappa shape index (κ3) is 4.25. The monoisotopic (exact) mass is 455 g/mol. The Morgan fingerprint density at radius 1 is 1.32 bits per heavy atom. The van der Waals surface area contributed by atoms with Crippen LogP contribution in [0.3, 0.4) is 0 Å². The van der Waals surface area contributed by atoms with Crippen LogP contribution in [0.25, 0.3) is 0 Å². The van der Waals surface area contributed by atoms with Crippen molar-refractivity contribution in [1.29, 1.82) is 0 Å². The van der Waals surface area contributed by atoms with Crippen LogP contribution in [0.1, 0.15) is 31.9 Å². The Morgan fingerprint density at radius 2 is 2.03 bits per heavy atom. The number of anilines is 2. The molecule has 11 heteroatoms. The number of nitrogens with two attached hydrogens (primary N) is 1.